The minimum Gasteiger partial charge on any atom is -0.465 e. The molecular formula is C14H22N2O2S. The Balaban J connectivity index is 2.03. The molecule has 0 unspecified atom stereocenters. The lowest BCUT2D eigenvalue weighted by Crippen LogP contribution is -2.58. The topological polar surface area (TPSA) is 41.6 Å². The second-order valence-corrected chi connectivity index (χ2v) is 6.07. The lowest BCUT2D eigenvalue weighted by Gasteiger charge is -2.39. The van der Waals surface area contributed by atoms with E-state index in [9.17, 15) is 4.79 Å². The maximum absolute atomic E-state index is 12.3. The molecule has 0 radical (unpaired) electrons. The van der Waals surface area contributed by atoms with Crippen molar-refractivity contribution in [2.45, 2.75) is 31.8 Å². The molecule has 19 heavy (non-hydrogen) atoms. The fourth-order valence-electron chi connectivity index (χ4n) is 2.39. The van der Waals surface area contributed by atoms with E-state index in [1.165, 1.54) is 4.88 Å². The van der Waals surface area contributed by atoms with Crippen LogP contribution in [0.4, 0.5) is 0 Å². The lowest BCUT2D eigenvalue weighted by atomic mass is 9.87. The van der Waals surface area contributed by atoms with Crippen molar-refractivity contribution >= 4 is 17.3 Å². The van der Waals surface area contributed by atoms with E-state index in [1.807, 2.05) is 13.0 Å². The van der Waals surface area contributed by atoms with Gasteiger partial charge in [-0.2, -0.15) is 0 Å². The largest absolute Gasteiger partial charge is 0.465 e. The average molecular weight is 282 g/mol. The molecule has 2 heterocycles. The van der Waals surface area contributed by atoms with Crippen LogP contribution in [0.25, 0.3) is 0 Å². The molecule has 0 aliphatic carbocycles. The van der Waals surface area contributed by atoms with Crippen molar-refractivity contribution in [3.63, 3.8) is 0 Å². The van der Waals surface area contributed by atoms with Gasteiger partial charge < -0.3 is 9.64 Å². The van der Waals surface area contributed by atoms with Crippen molar-refractivity contribution in [2.75, 3.05) is 26.7 Å². The normalized spacial score (nSPS) is 19.3. The second-order valence-electron chi connectivity index (χ2n) is 5.04. The fraction of sp³-hybridized carbons (Fsp3) is 0.643. The summed E-state index contributed by atoms with van der Waals surface area (Å²) in [5.74, 6) is -0.0975. The van der Waals surface area contributed by atoms with Crippen LogP contribution >= 0.6 is 11.3 Å². The van der Waals surface area contributed by atoms with Gasteiger partial charge in [-0.15, -0.1) is 11.3 Å². The van der Waals surface area contributed by atoms with Gasteiger partial charge in [0.05, 0.1) is 6.61 Å². The van der Waals surface area contributed by atoms with Crippen molar-refractivity contribution in [3.05, 3.63) is 22.4 Å². The Morgan fingerprint density at radius 2 is 2.26 bits per heavy atom. The molecule has 1 N–H and O–H groups in total. The van der Waals surface area contributed by atoms with Crippen LogP contribution in [-0.4, -0.2) is 43.2 Å². The number of nitrogens with zero attached hydrogens (tertiary/aromatic N) is 1. The van der Waals surface area contributed by atoms with E-state index in [2.05, 4.69) is 28.7 Å². The summed E-state index contributed by atoms with van der Waals surface area (Å²) < 4.78 is 5.27. The number of carbonyl (C=O) groups is 1. The molecule has 2 rings (SSSR count). The van der Waals surface area contributed by atoms with Gasteiger partial charge in [0.15, 0.2) is 0 Å². The molecule has 1 aromatic rings. The number of thiophene rings is 1. The molecule has 0 saturated carbocycles. The third kappa shape index (κ3) is 3.55. The number of esters is 1. The van der Waals surface area contributed by atoms with E-state index >= 15 is 0 Å². The van der Waals surface area contributed by atoms with Crippen LogP contribution in [0.1, 0.15) is 24.6 Å². The molecule has 0 spiro atoms. The zero-order chi connectivity index (χ0) is 13.7. The summed E-state index contributed by atoms with van der Waals surface area (Å²) in [5.41, 5.74) is -0.507. The van der Waals surface area contributed by atoms with Gasteiger partial charge >= 0.3 is 5.97 Å². The standard InChI is InChI=1S/C14H22N2O2S/c1-3-18-13(17)14(6-8-16(2)9-7-14)15-11-12-5-4-10-19-12/h4-5,10,15H,3,6-9,11H2,1-2H3. The summed E-state index contributed by atoms with van der Waals surface area (Å²) in [4.78, 5) is 15.8. The minimum atomic E-state index is -0.507. The Labute approximate surface area is 118 Å². The third-order valence-corrected chi connectivity index (χ3v) is 4.56. The summed E-state index contributed by atoms with van der Waals surface area (Å²) in [6.07, 6.45) is 1.63. The molecule has 106 valence electrons. The number of hydrogen-bond donors (Lipinski definition) is 1. The fourth-order valence-corrected chi connectivity index (χ4v) is 3.04. The molecule has 4 nitrogen and oxygen atoms in total. The smallest absolute Gasteiger partial charge is 0.326 e. The van der Waals surface area contributed by atoms with Gasteiger partial charge in [-0.25, -0.2) is 0 Å². The zero-order valence-corrected chi connectivity index (χ0v) is 12.5. The predicted octanol–water partition coefficient (Wildman–Crippen LogP) is 1.87. The lowest BCUT2D eigenvalue weighted by molar-refractivity contribution is -0.153. The Morgan fingerprint density at radius 1 is 1.53 bits per heavy atom. The molecule has 0 bridgehead atoms. The molecule has 1 aromatic heterocycles. The number of piperidine rings is 1. The van der Waals surface area contributed by atoms with Gasteiger partial charge in [-0.3, -0.25) is 10.1 Å². The molecule has 0 atom stereocenters. The van der Waals surface area contributed by atoms with E-state index in [0.29, 0.717) is 6.61 Å². The summed E-state index contributed by atoms with van der Waals surface area (Å²) >= 11 is 1.71. The highest BCUT2D eigenvalue weighted by Crippen LogP contribution is 2.24. The number of ether oxygens (including phenoxy) is 1. The molecule has 1 saturated heterocycles. The monoisotopic (exact) mass is 282 g/mol. The highest BCUT2D eigenvalue weighted by atomic mass is 32.1. The summed E-state index contributed by atoms with van der Waals surface area (Å²) in [7, 11) is 2.09. The molecule has 1 aliphatic heterocycles. The van der Waals surface area contributed by atoms with Crippen LogP contribution in [-0.2, 0) is 16.1 Å². The average Bonchev–Trinajstić information content (AvgIpc) is 2.92. The van der Waals surface area contributed by atoms with Crippen molar-refractivity contribution in [1.29, 1.82) is 0 Å². The van der Waals surface area contributed by atoms with Crippen LogP contribution in [0.3, 0.4) is 0 Å². The predicted molar refractivity (Wildman–Crippen MR) is 77.3 cm³/mol. The quantitative estimate of drug-likeness (QED) is 0.837. The first-order valence-corrected chi connectivity index (χ1v) is 7.67. The highest BCUT2D eigenvalue weighted by molar-refractivity contribution is 7.09. The van der Waals surface area contributed by atoms with Gasteiger partial charge in [0.1, 0.15) is 5.54 Å². The Bertz CT molecular complexity index is 398. The van der Waals surface area contributed by atoms with E-state index in [0.717, 1.165) is 32.5 Å². The number of carbonyl (C=O) groups excluding carboxylic acids is 1. The van der Waals surface area contributed by atoms with Gasteiger partial charge in [-0.05, 0) is 38.3 Å². The minimum absolute atomic E-state index is 0.0975. The summed E-state index contributed by atoms with van der Waals surface area (Å²) in [5, 5.41) is 5.51. The van der Waals surface area contributed by atoms with Crippen LogP contribution in [0.2, 0.25) is 0 Å². The van der Waals surface area contributed by atoms with E-state index < -0.39 is 5.54 Å². The summed E-state index contributed by atoms with van der Waals surface area (Å²) in [6.45, 7) is 4.89. The maximum Gasteiger partial charge on any atom is 0.326 e. The molecular weight excluding hydrogens is 260 g/mol. The first kappa shape index (κ1) is 14.5. The number of likely N-dealkylation sites (tertiary alicyclic amines) is 1. The van der Waals surface area contributed by atoms with Crippen LogP contribution in [0.15, 0.2) is 17.5 Å². The van der Waals surface area contributed by atoms with Gasteiger partial charge in [0.2, 0.25) is 0 Å². The molecule has 0 amide bonds. The number of rotatable bonds is 5. The molecule has 0 aromatic carbocycles. The van der Waals surface area contributed by atoms with Crippen molar-refractivity contribution in [2.24, 2.45) is 0 Å². The highest BCUT2D eigenvalue weighted by Gasteiger charge is 2.41. The Kier molecular flexibility index (Phi) is 4.96. The van der Waals surface area contributed by atoms with E-state index in [-0.39, 0.29) is 5.97 Å². The van der Waals surface area contributed by atoms with Crippen LogP contribution < -0.4 is 5.32 Å². The first-order valence-electron chi connectivity index (χ1n) is 6.79. The Hall–Kier alpha value is -0.910. The van der Waals surface area contributed by atoms with Gasteiger partial charge in [0, 0.05) is 24.5 Å². The van der Waals surface area contributed by atoms with Gasteiger partial charge in [-0.1, -0.05) is 6.07 Å². The molecule has 1 fully saturated rings. The van der Waals surface area contributed by atoms with Gasteiger partial charge in [0.25, 0.3) is 0 Å². The number of hydrogen-bond acceptors (Lipinski definition) is 5. The molecule has 5 heteroatoms. The SMILES string of the molecule is CCOC(=O)C1(NCc2cccs2)CCN(C)CC1. The first-order chi connectivity index (χ1) is 9.16. The zero-order valence-electron chi connectivity index (χ0n) is 11.6. The number of nitrogens with one attached hydrogen (secondary N) is 1. The van der Waals surface area contributed by atoms with Crippen molar-refractivity contribution < 1.29 is 9.53 Å². The third-order valence-electron chi connectivity index (χ3n) is 3.69. The maximum atomic E-state index is 12.3. The van der Waals surface area contributed by atoms with Crippen LogP contribution in [0.5, 0.6) is 0 Å². The van der Waals surface area contributed by atoms with E-state index in [1.54, 1.807) is 11.3 Å². The van der Waals surface area contributed by atoms with Crippen molar-refractivity contribution in [3.8, 4) is 0 Å². The van der Waals surface area contributed by atoms with Crippen molar-refractivity contribution in [1.82, 2.24) is 10.2 Å². The Morgan fingerprint density at radius 3 is 2.84 bits per heavy atom. The molecule has 1 aliphatic rings. The van der Waals surface area contributed by atoms with E-state index in [4.69, 9.17) is 4.74 Å². The summed E-state index contributed by atoms with van der Waals surface area (Å²) in [6, 6.07) is 4.12. The van der Waals surface area contributed by atoms with Crippen LogP contribution in [0, 0.1) is 0 Å². The second kappa shape index (κ2) is 6.50.